The van der Waals surface area contributed by atoms with Gasteiger partial charge in [0, 0.05) is 0 Å². The first-order valence-electron chi connectivity index (χ1n) is 17.2. The first kappa shape index (κ1) is 41.4. The molecule has 0 bridgehead atoms. The minimum atomic E-state index is -0.696. The van der Waals surface area contributed by atoms with E-state index in [1.165, 1.54) is 44.6 Å². The van der Waals surface area contributed by atoms with Gasteiger partial charge in [0.2, 0.25) is 0 Å². The van der Waals surface area contributed by atoms with Crippen molar-refractivity contribution in [3.63, 3.8) is 0 Å². The van der Waals surface area contributed by atoms with Crippen LogP contribution in [0.25, 0.3) is 0 Å². The van der Waals surface area contributed by atoms with Crippen LogP contribution in [0.2, 0.25) is 0 Å². The maximum absolute atomic E-state index is 11.9. The van der Waals surface area contributed by atoms with Crippen molar-refractivity contribution < 1.29 is 9.90 Å². The van der Waals surface area contributed by atoms with Crippen LogP contribution in [0.3, 0.4) is 0 Å². The highest BCUT2D eigenvalue weighted by Crippen LogP contribution is 2.19. The zero-order valence-electron chi connectivity index (χ0n) is 30.5. The molecule has 0 unspecified atom stereocenters. The lowest BCUT2D eigenvalue weighted by molar-refractivity contribution is -0.141. The van der Waals surface area contributed by atoms with Crippen LogP contribution in [0.4, 0.5) is 0 Å². The summed E-state index contributed by atoms with van der Waals surface area (Å²) in [4.78, 5) is 11.9. The average Bonchev–Trinajstić information content (AvgIpc) is 2.92. The Morgan fingerprint density at radius 3 is 0.864 bits per heavy atom. The number of allylic oxidation sites excluding steroid dienone is 16. The number of carboxylic acids is 1. The molecule has 2 nitrogen and oxygen atoms in total. The molecule has 1 N–H and O–H groups in total. The van der Waals surface area contributed by atoms with Crippen molar-refractivity contribution >= 4 is 5.97 Å². The molecule has 0 aromatic heterocycles. The lowest BCUT2D eigenvalue weighted by Crippen LogP contribution is -2.12. The number of aliphatic carboxylic acids is 1. The standard InChI is InChI=1S/C42H68O2/c1-33(2)17-11-19-35(5)21-13-23-37(7)25-15-27-39(9)29-31-41(42(43)44)32-30-40(10)28-16-26-38(8)24-14-22-36(6)20-12-18-34(3)4/h17-18,21-22,25-26,29-30,41H,11-16,19-20,23-24,27-28,31-32H2,1-10H3,(H,43,44)/b35-21+,36-22+,37-25+,38-26+,39-29+,40-30+. The Kier molecular flexibility index (Phi) is 24.2. The van der Waals surface area contributed by atoms with Crippen LogP contribution >= 0.6 is 0 Å². The Hall–Kier alpha value is -2.61. The van der Waals surface area contributed by atoms with Crippen LogP contribution in [0.5, 0.6) is 0 Å². The molecular weight excluding hydrogens is 536 g/mol. The molecule has 0 aromatic rings. The van der Waals surface area contributed by atoms with Gasteiger partial charge in [-0.05, 0) is 159 Å². The van der Waals surface area contributed by atoms with Crippen molar-refractivity contribution in [2.45, 2.75) is 159 Å². The van der Waals surface area contributed by atoms with Gasteiger partial charge in [-0.2, -0.15) is 0 Å². The highest BCUT2D eigenvalue weighted by Gasteiger charge is 2.14. The van der Waals surface area contributed by atoms with E-state index in [0.29, 0.717) is 12.8 Å². The zero-order valence-corrected chi connectivity index (χ0v) is 30.5. The molecule has 0 spiro atoms. The molecule has 248 valence electrons. The van der Waals surface area contributed by atoms with Gasteiger partial charge in [-0.25, -0.2) is 0 Å². The molecule has 0 aromatic carbocycles. The third kappa shape index (κ3) is 25.8. The van der Waals surface area contributed by atoms with Gasteiger partial charge >= 0.3 is 5.97 Å². The first-order valence-corrected chi connectivity index (χ1v) is 17.2. The molecule has 0 rings (SSSR count). The van der Waals surface area contributed by atoms with Crippen molar-refractivity contribution in [2.24, 2.45) is 5.92 Å². The summed E-state index contributed by atoms with van der Waals surface area (Å²) in [5.74, 6) is -1.05. The summed E-state index contributed by atoms with van der Waals surface area (Å²) in [7, 11) is 0. The van der Waals surface area contributed by atoms with E-state index in [-0.39, 0.29) is 5.92 Å². The summed E-state index contributed by atoms with van der Waals surface area (Å²) in [5.41, 5.74) is 11.2. The SMILES string of the molecule is CC(C)=CCC/C(C)=C/CC/C(C)=C/CC/C(C)=C/CC(C/C=C(\C)CC/C=C(\C)CC/C=C(\C)CCC=C(C)C)C(=O)O. The largest absolute Gasteiger partial charge is 0.481 e. The highest BCUT2D eigenvalue weighted by molar-refractivity contribution is 5.70. The molecule has 0 fully saturated rings. The van der Waals surface area contributed by atoms with E-state index in [1.807, 2.05) is 0 Å². The summed E-state index contributed by atoms with van der Waals surface area (Å²) < 4.78 is 0. The van der Waals surface area contributed by atoms with E-state index in [1.54, 1.807) is 0 Å². The quantitative estimate of drug-likeness (QED) is 0.118. The minimum Gasteiger partial charge on any atom is -0.481 e. The normalized spacial score (nSPS) is 14.5. The Morgan fingerprint density at radius 1 is 0.409 bits per heavy atom. The molecule has 0 radical (unpaired) electrons. The van der Waals surface area contributed by atoms with Crippen LogP contribution < -0.4 is 0 Å². The van der Waals surface area contributed by atoms with Gasteiger partial charge < -0.3 is 5.11 Å². The zero-order chi connectivity index (χ0) is 33.3. The molecule has 0 heterocycles. The lowest BCUT2D eigenvalue weighted by atomic mass is 9.96. The Balaban J connectivity index is 4.52. The fourth-order valence-corrected chi connectivity index (χ4v) is 4.96. The molecule has 0 aliphatic carbocycles. The number of rotatable bonds is 23. The average molecular weight is 605 g/mol. The van der Waals surface area contributed by atoms with Gasteiger partial charge in [-0.1, -0.05) is 93.2 Å². The van der Waals surface area contributed by atoms with Gasteiger partial charge in [0.05, 0.1) is 5.92 Å². The molecule has 0 saturated carbocycles. The van der Waals surface area contributed by atoms with Gasteiger partial charge in [-0.15, -0.1) is 0 Å². The summed E-state index contributed by atoms with van der Waals surface area (Å²) in [6.45, 7) is 21.8. The maximum Gasteiger partial charge on any atom is 0.307 e. The van der Waals surface area contributed by atoms with Crippen LogP contribution in [-0.4, -0.2) is 11.1 Å². The van der Waals surface area contributed by atoms with Gasteiger partial charge in [0.25, 0.3) is 0 Å². The Labute approximate surface area is 273 Å². The van der Waals surface area contributed by atoms with E-state index in [4.69, 9.17) is 0 Å². The number of carbonyl (C=O) groups is 1. The number of hydrogen-bond donors (Lipinski definition) is 1. The predicted molar refractivity (Wildman–Crippen MR) is 197 cm³/mol. The molecule has 0 amide bonds. The van der Waals surface area contributed by atoms with Gasteiger partial charge in [0.15, 0.2) is 0 Å². The van der Waals surface area contributed by atoms with E-state index < -0.39 is 5.97 Å². The van der Waals surface area contributed by atoms with Crippen molar-refractivity contribution in [1.82, 2.24) is 0 Å². The minimum absolute atomic E-state index is 0.354. The summed E-state index contributed by atoms with van der Waals surface area (Å²) in [6.07, 6.45) is 32.6. The van der Waals surface area contributed by atoms with Crippen molar-refractivity contribution in [3.05, 3.63) is 93.2 Å². The molecule has 2 heteroatoms. The fraction of sp³-hybridized carbons (Fsp3) is 0.595. The predicted octanol–water partition coefficient (Wildman–Crippen LogP) is 13.8. The maximum atomic E-state index is 11.9. The molecule has 0 atom stereocenters. The third-order valence-electron chi connectivity index (χ3n) is 8.16. The van der Waals surface area contributed by atoms with E-state index in [2.05, 4.69) is 118 Å². The summed E-state index contributed by atoms with van der Waals surface area (Å²) >= 11 is 0. The molecule has 0 aliphatic rings. The first-order chi connectivity index (χ1) is 20.8. The Morgan fingerprint density at radius 2 is 0.636 bits per heavy atom. The van der Waals surface area contributed by atoms with Gasteiger partial charge in [0.1, 0.15) is 0 Å². The molecular formula is C42H68O2. The van der Waals surface area contributed by atoms with Crippen LogP contribution in [0, 0.1) is 5.92 Å². The lowest BCUT2D eigenvalue weighted by Gasteiger charge is -2.09. The second-order valence-electron chi connectivity index (χ2n) is 13.6. The summed E-state index contributed by atoms with van der Waals surface area (Å²) in [5, 5.41) is 9.79. The van der Waals surface area contributed by atoms with Crippen molar-refractivity contribution in [1.29, 1.82) is 0 Å². The third-order valence-corrected chi connectivity index (χ3v) is 8.16. The Bertz CT molecular complexity index is 993. The van der Waals surface area contributed by atoms with E-state index >= 15 is 0 Å². The number of hydrogen-bond acceptors (Lipinski definition) is 1. The van der Waals surface area contributed by atoms with E-state index in [0.717, 1.165) is 77.0 Å². The number of carboxylic acid groups (broad SMARTS) is 1. The fourth-order valence-electron chi connectivity index (χ4n) is 4.96. The molecule has 44 heavy (non-hydrogen) atoms. The van der Waals surface area contributed by atoms with Crippen molar-refractivity contribution in [2.75, 3.05) is 0 Å². The topological polar surface area (TPSA) is 37.3 Å². The second-order valence-corrected chi connectivity index (χ2v) is 13.6. The molecule has 0 saturated heterocycles. The smallest absolute Gasteiger partial charge is 0.307 e. The van der Waals surface area contributed by atoms with Crippen LogP contribution in [0.15, 0.2) is 93.2 Å². The highest BCUT2D eigenvalue weighted by atomic mass is 16.4. The second kappa shape index (κ2) is 25.7. The monoisotopic (exact) mass is 605 g/mol. The van der Waals surface area contributed by atoms with E-state index in [9.17, 15) is 9.90 Å². The van der Waals surface area contributed by atoms with Crippen LogP contribution in [0.1, 0.15) is 159 Å². The summed E-state index contributed by atoms with van der Waals surface area (Å²) in [6, 6.07) is 0. The van der Waals surface area contributed by atoms with Crippen LogP contribution in [-0.2, 0) is 4.79 Å². The molecule has 0 aliphatic heterocycles. The van der Waals surface area contributed by atoms with Crippen molar-refractivity contribution in [3.8, 4) is 0 Å². The van der Waals surface area contributed by atoms with Gasteiger partial charge in [-0.3, -0.25) is 4.79 Å².